The Kier molecular flexibility index (Phi) is 6.27. The molecule has 0 heterocycles. The molecule has 0 bridgehead atoms. The highest BCUT2D eigenvalue weighted by Crippen LogP contribution is 2.48. The van der Waals surface area contributed by atoms with Crippen LogP contribution >= 0.6 is 19.3 Å². The summed E-state index contributed by atoms with van der Waals surface area (Å²) in [5.41, 5.74) is -1.48. The fraction of sp³-hybridized carbons (Fsp3) is 0.833. The molecule has 0 saturated carbocycles. The van der Waals surface area contributed by atoms with E-state index in [0.29, 0.717) is 0 Å². The van der Waals surface area contributed by atoms with Crippen LogP contribution in [0.3, 0.4) is 0 Å². The SMILES string of the molecule is CCOP(=O)(F)COC(Cl)C(=O)OC. The number of esters is 1. The molecule has 14 heavy (non-hydrogen) atoms. The third kappa shape index (κ3) is 5.54. The molecule has 0 aliphatic carbocycles. The molecule has 0 aliphatic heterocycles. The molecule has 0 aliphatic rings. The smallest absolute Gasteiger partial charge is 0.392 e. The zero-order valence-corrected chi connectivity index (χ0v) is 9.39. The van der Waals surface area contributed by atoms with Gasteiger partial charge in [-0.15, -0.1) is 0 Å². The van der Waals surface area contributed by atoms with Gasteiger partial charge in [0, 0.05) is 0 Å². The Labute approximate surface area is 86.0 Å². The number of ether oxygens (including phenoxy) is 2. The number of alkyl halides is 1. The number of methoxy groups -OCH3 is 1. The second-order valence-corrected chi connectivity index (χ2v) is 4.24. The number of rotatable bonds is 6. The van der Waals surface area contributed by atoms with Gasteiger partial charge < -0.3 is 14.0 Å². The molecule has 5 nitrogen and oxygen atoms in total. The van der Waals surface area contributed by atoms with E-state index in [9.17, 15) is 13.6 Å². The molecule has 2 atom stereocenters. The van der Waals surface area contributed by atoms with E-state index in [1.807, 2.05) is 0 Å². The van der Waals surface area contributed by atoms with E-state index in [1.54, 1.807) is 0 Å². The minimum absolute atomic E-state index is 0.0533. The van der Waals surface area contributed by atoms with E-state index in [-0.39, 0.29) is 6.61 Å². The van der Waals surface area contributed by atoms with E-state index in [1.165, 1.54) is 6.92 Å². The first-order valence-corrected chi connectivity index (χ1v) is 5.83. The molecule has 0 spiro atoms. The zero-order chi connectivity index (χ0) is 11.2. The average molecular weight is 249 g/mol. The molecule has 0 radical (unpaired) electrons. The number of hydrogen-bond acceptors (Lipinski definition) is 5. The minimum Gasteiger partial charge on any atom is -0.466 e. The van der Waals surface area contributed by atoms with Crippen LogP contribution in [-0.4, -0.2) is 31.6 Å². The lowest BCUT2D eigenvalue weighted by Gasteiger charge is -2.11. The minimum atomic E-state index is -4.31. The standard InChI is InChI=1S/C6H11ClFO5P/c1-3-13-14(8,10)4-12-5(7)6(9)11-2/h5H,3-4H2,1-2H3. The van der Waals surface area contributed by atoms with Crippen LogP contribution in [0.2, 0.25) is 0 Å². The van der Waals surface area contributed by atoms with Crippen LogP contribution in [0, 0.1) is 0 Å². The molecule has 0 aromatic rings. The van der Waals surface area contributed by atoms with E-state index < -0.39 is 25.6 Å². The molecule has 0 N–H and O–H groups in total. The van der Waals surface area contributed by atoms with Crippen LogP contribution in [-0.2, 0) is 23.4 Å². The van der Waals surface area contributed by atoms with Crippen LogP contribution in [0.4, 0.5) is 4.20 Å². The van der Waals surface area contributed by atoms with Gasteiger partial charge in [0.1, 0.15) is 0 Å². The normalized spacial score (nSPS) is 17.1. The Bertz CT molecular complexity index is 236. The molecule has 0 fully saturated rings. The maximum Gasteiger partial charge on any atom is 0.392 e. The summed E-state index contributed by atoms with van der Waals surface area (Å²) in [6.07, 6.45) is -0.871. The molecular formula is C6H11ClFO5P. The van der Waals surface area contributed by atoms with Crippen molar-refractivity contribution in [3.8, 4) is 0 Å². The van der Waals surface area contributed by atoms with Gasteiger partial charge in [-0.25, -0.2) is 4.79 Å². The van der Waals surface area contributed by atoms with Crippen molar-refractivity contribution in [1.29, 1.82) is 0 Å². The first kappa shape index (κ1) is 13.8. The predicted octanol–water partition coefficient (Wildman–Crippen LogP) is 1.90. The quantitative estimate of drug-likeness (QED) is 0.408. The molecule has 0 amide bonds. The number of halogens is 2. The first-order chi connectivity index (χ1) is 6.43. The summed E-state index contributed by atoms with van der Waals surface area (Å²) >= 11 is 5.30. The van der Waals surface area contributed by atoms with Gasteiger partial charge in [0.25, 0.3) is 0 Å². The molecule has 8 heteroatoms. The van der Waals surface area contributed by atoms with Gasteiger partial charge in [-0.1, -0.05) is 11.6 Å². The molecule has 0 aromatic heterocycles. The third-order valence-corrected chi connectivity index (χ3v) is 2.49. The van der Waals surface area contributed by atoms with Crippen molar-refractivity contribution in [3.63, 3.8) is 0 Å². The van der Waals surface area contributed by atoms with Gasteiger partial charge in [0.2, 0.25) is 5.56 Å². The lowest BCUT2D eigenvalue weighted by Crippen LogP contribution is -2.20. The van der Waals surface area contributed by atoms with Crippen LogP contribution in [0.1, 0.15) is 6.92 Å². The van der Waals surface area contributed by atoms with Gasteiger partial charge in [-0.3, -0.25) is 4.57 Å². The molecule has 84 valence electrons. The summed E-state index contributed by atoms with van der Waals surface area (Å²) < 4.78 is 36.5. The Balaban J connectivity index is 3.93. The topological polar surface area (TPSA) is 61.8 Å². The van der Waals surface area contributed by atoms with Gasteiger partial charge >= 0.3 is 13.6 Å². The zero-order valence-electron chi connectivity index (χ0n) is 7.74. The molecule has 0 rings (SSSR count). The molecular weight excluding hydrogens is 237 g/mol. The van der Waals surface area contributed by atoms with Gasteiger partial charge in [0.05, 0.1) is 13.7 Å². The summed E-state index contributed by atoms with van der Waals surface area (Å²) in [4.78, 5) is 10.7. The lowest BCUT2D eigenvalue weighted by atomic mass is 10.7. The fourth-order valence-corrected chi connectivity index (χ4v) is 1.57. The Morgan fingerprint density at radius 3 is 2.64 bits per heavy atom. The summed E-state index contributed by atoms with van der Waals surface area (Å²) in [5.74, 6) is -0.886. The van der Waals surface area contributed by atoms with Crippen molar-refractivity contribution in [2.75, 3.05) is 20.1 Å². The molecule has 0 saturated heterocycles. The van der Waals surface area contributed by atoms with Crippen LogP contribution in [0.25, 0.3) is 0 Å². The van der Waals surface area contributed by atoms with Crippen molar-refractivity contribution in [2.24, 2.45) is 0 Å². The Hall–Kier alpha value is -0.160. The molecule has 0 aromatic carbocycles. The highest BCUT2D eigenvalue weighted by Gasteiger charge is 2.26. The predicted molar refractivity (Wildman–Crippen MR) is 47.9 cm³/mol. The number of hydrogen-bond donors (Lipinski definition) is 0. The summed E-state index contributed by atoms with van der Waals surface area (Å²) in [7, 11) is -3.22. The second kappa shape index (κ2) is 6.35. The maximum absolute atomic E-state index is 12.8. The first-order valence-electron chi connectivity index (χ1n) is 3.69. The van der Waals surface area contributed by atoms with E-state index >= 15 is 0 Å². The number of carbonyl (C=O) groups is 1. The lowest BCUT2D eigenvalue weighted by molar-refractivity contribution is -0.147. The van der Waals surface area contributed by atoms with Crippen molar-refractivity contribution in [2.45, 2.75) is 12.5 Å². The summed E-state index contributed by atoms with van der Waals surface area (Å²) in [6, 6.07) is 0. The molecule has 2 unspecified atom stereocenters. The maximum atomic E-state index is 12.8. The Morgan fingerprint density at radius 1 is 1.64 bits per heavy atom. The second-order valence-electron chi connectivity index (χ2n) is 2.14. The summed E-state index contributed by atoms with van der Waals surface area (Å²) in [6.45, 7) is 1.42. The van der Waals surface area contributed by atoms with Gasteiger partial charge in [-0.2, -0.15) is 4.20 Å². The number of carbonyl (C=O) groups excluding carboxylic acids is 1. The van der Waals surface area contributed by atoms with Crippen molar-refractivity contribution in [1.82, 2.24) is 0 Å². The largest absolute Gasteiger partial charge is 0.466 e. The van der Waals surface area contributed by atoms with Crippen molar-refractivity contribution < 1.29 is 27.6 Å². The van der Waals surface area contributed by atoms with Crippen LogP contribution in [0.15, 0.2) is 0 Å². The monoisotopic (exact) mass is 248 g/mol. The van der Waals surface area contributed by atoms with E-state index in [4.69, 9.17) is 11.6 Å². The van der Waals surface area contributed by atoms with Gasteiger partial charge in [-0.05, 0) is 6.92 Å². The highest BCUT2D eigenvalue weighted by molar-refractivity contribution is 7.53. The van der Waals surface area contributed by atoms with Crippen molar-refractivity contribution >= 4 is 25.2 Å². The summed E-state index contributed by atoms with van der Waals surface area (Å²) in [5, 5.41) is 0. The third-order valence-electron chi connectivity index (χ3n) is 1.08. The highest BCUT2D eigenvalue weighted by atomic mass is 35.5. The Morgan fingerprint density at radius 2 is 2.21 bits per heavy atom. The van der Waals surface area contributed by atoms with Crippen molar-refractivity contribution in [3.05, 3.63) is 0 Å². The average Bonchev–Trinajstić information content (AvgIpc) is 2.13. The van der Waals surface area contributed by atoms with E-state index in [2.05, 4.69) is 14.0 Å². The van der Waals surface area contributed by atoms with Crippen LogP contribution in [0.5, 0.6) is 0 Å². The van der Waals surface area contributed by atoms with Crippen LogP contribution < -0.4 is 0 Å². The van der Waals surface area contributed by atoms with E-state index in [0.717, 1.165) is 7.11 Å². The fourth-order valence-electron chi connectivity index (χ4n) is 0.545. The van der Waals surface area contributed by atoms with Gasteiger partial charge in [0.15, 0.2) is 6.35 Å².